The summed E-state index contributed by atoms with van der Waals surface area (Å²) >= 11 is 0. The third kappa shape index (κ3) is 3.36. The van der Waals surface area contributed by atoms with Crippen LogP contribution in [0.4, 0.5) is 0 Å². The molecule has 0 aromatic heterocycles. The number of carbonyl (C=O) groups is 2. The predicted octanol–water partition coefficient (Wildman–Crippen LogP) is 0.730. The van der Waals surface area contributed by atoms with Crippen LogP contribution in [0.5, 0.6) is 11.5 Å². The highest BCUT2D eigenvalue weighted by Crippen LogP contribution is 2.32. The molecule has 2 amide bonds. The van der Waals surface area contributed by atoms with Crippen molar-refractivity contribution in [2.45, 2.75) is 25.7 Å². The van der Waals surface area contributed by atoms with Crippen molar-refractivity contribution in [1.82, 2.24) is 10.7 Å². The molecule has 0 saturated heterocycles. The first kappa shape index (κ1) is 14.4. The number of nitrogens with one attached hydrogen (secondary N) is 2. The Morgan fingerprint density at radius 2 is 2.14 bits per heavy atom. The molecule has 0 unspecified atom stereocenters. The SMILES string of the molecule is O=C1CCC(C(=O)NCCCc2ccc3c(c2)OCO3)=NN1. The number of hydrogen-bond donors (Lipinski definition) is 2. The van der Waals surface area contributed by atoms with Gasteiger partial charge in [0, 0.05) is 19.4 Å². The molecule has 0 bridgehead atoms. The van der Waals surface area contributed by atoms with Gasteiger partial charge in [0.2, 0.25) is 12.7 Å². The fourth-order valence-electron chi connectivity index (χ4n) is 2.33. The molecule has 2 aliphatic rings. The molecule has 7 heteroatoms. The highest BCUT2D eigenvalue weighted by atomic mass is 16.7. The van der Waals surface area contributed by atoms with Gasteiger partial charge in [-0.25, -0.2) is 5.43 Å². The number of hydrazone groups is 1. The second kappa shape index (κ2) is 6.46. The Morgan fingerprint density at radius 3 is 2.95 bits per heavy atom. The zero-order chi connectivity index (χ0) is 15.4. The molecule has 0 spiro atoms. The van der Waals surface area contributed by atoms with E-state index in [1.807, 2.05) is 18.2 Å². The third-order valence-corrected chi connectivity index (χ3v) is 3.53. The van der Waals surface area contributed by atoms with Crippen LogP contribution >= 0.6 is 0 Å². The number of aryl methyl sites for hydroxylation is 1. The molecule has 2 heterocycles. The van der Waals surface area contributed by atoms with Gasteiger partial charge in [-0.1, -0.05) is 6.07 Å². The molecule has 1 aromatic carbocycles. The molecule has 2 N–H and O–H groups in total. The maximum absolute atomic E-state index is 11.8. The number of ether oxygens (including phenoxy) is 2. The summed E-state index contributed by atoms with van der Waals surface area (Å²) in [6, 6.07) is 5.86. The van der Waals surface area contributed by atoms with Crippen molar-refractivity contribution in [2.75, 3.05) is 13.3 Å². The number of fused-ring (bicyclic) bond motifs is 1. The van der Waals surface area contributed by atoms with E-state index in [1.165, 1.54) is 0 Å². The number of nitrogens with zero attached hydrogens (tertiary/aromatic N) is 1. The lowest BCUT2D eigenvalue weighted by molar-refractivity contribution is -0.121. The van der Waals surface area contributed by atoms with Crippen LogP contribution in [0.15, 0.2) is 23.3 Å². The maximum atomic E-state index is 11.8. The first-order valence-corrected chi connectivity index (χ1v) is 7.24. The third-order valence-electron chi connectivity index (χ3n) is 3.53. The van der Waals surface area contributed by atoms with Crippen LogP contribution in [0.3, 0.4) is 0 Å². The summed E-state index contributed by atoms with van der Waals surface area (Å²) < 4.78 is 10.6. The molecule has 0 radical (unpaired) electrons. The number of rotatable bonds is 5. The Hall–Kier alpha value is -2.57. The summed E-state index contributed by atoms with van der Waals surface area (Å²) in [7, 11) is 0. The van der Waals surface area contributed by atoms with E-state index in [-0.39, 0.29) is 18.6 Å². The van der Waals surface area contributed by atoms with Crippen LogP contribution < -0.4 is 20.2 Å². The van der Waals surface area contributed by atoms with Crippen molar-refractivity contribution >= 4 is 17.5 Å². The topological polar surface area (TPSA) is 89.0 Å². The monoisotopic (exact) mass is 303 g/mol. The summed E-state index contributed by atoms with van der Waals surface area (Å²) in [4.78, 5) is 22.8. The highest BCUT2D eigenvalue weighted by molar-refractivity contribution is 6.39. The average Bonchev–Trinajstić information content (AvgIpc) is 2.99. The number of hydrogen-bond acceptors (Lipinski definition) is 5. The molecule has 0 fully saturated rings. The van der Waals surface area contributed by atoms with Gasteiger partial charge in [0.15, 0.2) is 11.5 Å². The van der Waals surface area contributed by atoms with Crippen LogP contribution in [-0.2, 0) is 16.0 Å². The molecular formula is C15H17N3O4. The van der Waals surface area contributed by atoms with E-state index in [0.717, 1.165) is 29.9 Å². The molecule has 22 heavy (non-hydrogen) atoms. The van der Waals surface area contributed by atoms with E-state index in [9.17, 15) is 9.59 Å². The van der Waals surface area contributed by atoms with Gasteiger partial charge in [-0.3, -0.25) is 9.59 Å². The lowest BCUT2D eigenvalue weighted by Crippen LogP contribution is -2.37. The van der Waals surface area contributed by atoms with Crippen LogP contribution in [0.2, 0.25) is 0 Å². The van der Waals surface area contributed by atoms with Gasteiger partial charge < -0.3 is 14.8 Å². The van der Waals surface area contributed by atoms with Gasteiger partial charge >= 0.3 is 0 Å². The van der Waals surface area contributed by atoms with E-state index in [4.69, 9.17) is 9.47 Å². The summed E-state index contributed by atoms with van der Waals surface area (Å²) in [5.74, 6) is 1.17. The Morgan fingerprint density at radius 1 is 1.27 bits per heavy atom. The molecule has 2 aliphatic heterocycles. The fraction of sp³-hybridized carbons (Fsp3) is 0.400. The Bertz CT molecular complexity index is 627. The molecule has 0 saturated carbocycles. The van der Waals surface area contributed by atoms with E-state index in [1.54, 1.807) is 0 Å². The van der Waals surface area contributed by atoms with E-state index < -0.39 is 0 Å². The van der Waals surface area contributed by atoms with Crippen LogP contribution in [0.25, 0.3) is 0 Å². The summed E-state index contributed by atoms with van der Waals surface area (Å²) in [5.41, 5.74) is 3.83. The van der Waals surface area contributed by atoms with Crippen LogP contribution in [0.1, 0.15) is 24.8 Å². The predicted molar refractivity (Wildman–Crippen MR) is 78.7 cm³/mol. The summed E-state index contributed by atoms with van der Waals surface area (Å²) in [6.45, 7) is 0.827. The van der Waals surface area contributed by atoms with Gasteiger partial charge in [-0.05, 0) is 30.5 Å². The second-order valence-corrected chi connectivity index (χ2v) is 5.14. The minimum Gasteiger partial charge on any atom is -0.454 e. The van der Waals surface area contributed by atoms with Gasteiger partial charge in [0.05, 0.1) is 0 Å². The largest absolute Gasteiger partial charge is 0.454 e. The molecule has 0 aliphatic carbocycles. The Balaban J connectivity index is 1.42. The lowest BCUT2D eigenvalue weighted by Gasteiger charge is -2.11. The van der Waals surface area contributed by atoms with Gasteiger partial charge in [0.1, 0.15) is 5.71 Å². The van der Waals surface area contributed by atoms with Gasteiger partial charge in [-0.2, -0.15) is 5.10 Å². The standard InChI is InChI=1S/C15H17N3O4/c19-14-6-4-11(17-18-14)15(20)16-7-1-2-10-3-5-12-13(8-10)22-9-21-12/h3,5,8H,1-2,4,6-7,9H2,(H,16,20)(H,18,19). The molecule has 116 valence electrons. The lowest BCUT2D eigenvalue weighted by atomic mass is 10.1. The van der Waals surface area contributed by atoms with Crippen molar-refractivity contribution in [3.05, 3.63) is 23.8 Å². The normalized spacial score (nSPS) is 16.0. The molecule has 3 rings (SSSR count). The van der Waals surface area contributed by atoms with Crippen LogP contribution in [-0.4, -0.2) is 30.9 Å². The first-order valence-electron chi connectivity index (χ1n) is 7.24. The van der Waals surface area contributed by atoms with Crippen molar-refractivity contribution < 1.29 is 19.1 Å². The fourth-order valence-corrected chi connectivity index (χ4v) is 2.33. The first-order chi connectivity index (χ1) is 10.7. The number of benzene rings is 1. The number of carbonyl (C=O) groups excluding carboxylic acids is 2. The quantitative estimate of drug-likeness (QED) is 0.785. The molecule has 7 nitrogen and oxygen atoms in total. The minimum atomic E-state index is -0.217. The summed E-state index contributed by atoms with van der Waals surface area (Å²) in [5, 5.41) is 6.57. The zero-order valence-corrected chi connectivity index (χ0v) is 12.1. The highest BCUT2D eigenvalue weighted by Gasteiger charge is 2.17. The van der Waals surface area contributed by atoms with Crippen molar-refractivity contribution in [2.24, 2.45) is 5.10 Å². The molecule has 0 atom stereocenters. The van der Waals surface area contributed by atoms with Gasteiger partial charge in [0.25, 0.3) is 5.91 Å². The minimum absolute atomic E-state index is 0.153. The Kier molecular flexibility index (Phi) is 4.22. The van der Waals surface area contributed by atoms with Gasteiger partial charge in [-0.15, -0.1) is 0 Å². The van der Waals surface area contributed by atoms with Crippen LogP contribution in [0, 0.1) is 0 Å². The summed E-state index contributed by atoms with van der Waals surface area (Å²) in [6.07, 6.45) is 2.34. The smallest absolute Gasteiger partial charge is 0.267 e. The van der Waals surface area contributed by atoms with Crippen molar-refractivity contribution in [3.8, 4) is 11.5 Å². The van der Waals surface area contributed by atoms with Crippen molar-refractivity contribution in [1.29, 1.82) is 0 Å². The molecular weight excluding hydrogens is 286 g/mol. The Labute approximate surface area is 127 Å². The number of amides is 2. The second-order valence-electron chi connectivity index (χ2n) is 5.14. The van der Waals surface area contributed by atoms with E-state index in [0.29, 0.717) is 25.1 Å². The van der Waals surface area contributed by atoms with Crippen molar-refractivity contribution in [3.63, 3.8) is 0 Å². The van der Waals surface area contributed by atoms with E-state index in [2.05, 4.69) is 15.8 Å². The molecule has 1 aromatic rings. The zero-order valence-electron chi connectivity index (χ0n) is 12.1. The average molecular weight is 303 g/mol. The van der Waals surface area contributed by atoms with E-state index >= 15 is 0 Å². The maximum Gasteiger partial charge on any atom is 0.267 e.